The predicted octanol–water partition coefficient (Wildman–Crippen LogP) is 3.57. The van der Waals surface area contributed by atoms with Crippen LogP contribution in [0.5, 0.6) is 5.75 Å². The summed E-state index contributed by atoms with van der Waals surface area (Å²) in [6.07, 6.45) is 3.12. The standard InChI is InChI=1S/C19H22N2O2/c1-23-17-10-5-7-15(13-17)14-20-18(22)21-19(11-6-12-19)16-8-3-2-4-9-16/h2-5,7-10,13H,6,11-12,14H2,1H3,(H2,20,21,22). The molecule has 0 radical (unpaired) electrons. The van der Waals surface area contributed by atoms with E-state index in [4.69, 9.17) is 4.74 Å². The van der Waals surface area contributed by atoms with Crippen molar-refractivity contribution in [3.8, 4) is 5.75 Å². The van der Waals surface area contributed by atoms with Crippen LogP contribution < -0.4 is 15.4 Å². The Hall–Kier alpha value is -2.49. The van der Waals surface area contributed by atoms with Crippen molar-refractivity contribution in [3.63, 3.8) is 0 Å². The molecule has 1 fully saturated rings. The van der Waals surface area contributed by atoms with E-state index in [-0.39, 0.29) is 11.6 Å². The molecule has 23 heavy (non-hydrogen) atoms. The minimum Gasteiger partial charge on any atom is -0.497 e. The molecule has 4 heteroatoms. The number of hydrogen-bond donors (Lipinski definition) is 2. The van der Waals surface area contributed by atoms with E-state index in [1.807, 2.05) is 42.5 Å². The van der Waals surface area contributed by atoms with E-state index >= 15 is 0 Å². The zero-order valence-corrected chi connectivity index (χ0v) is 13.3. The Balaban J connectivity index is 1.60. The van der Waals surface area contributed by atoms with Gasteiger partial charge >= 0.3 is 6.03 Å². The van der Waals surface area contributed by atoms with Crippen LogP contribution in [0.4, 0.5) is 4.79 Å². The second-order valence-corrected chi connectivity index (χ2v) is 5.96. The number of amides is 2. The molecule has 4 nitrogen and oxygen atoms in total. The normalized spacial score (nSPS) is 15.3. The summed E-state index contributed by atoms with van der Waals surface area (Å²) in [5, 5.41) is 6.10. The topological polar surface area (TPSA) is 50.4 Å². The van der Waals surface area contributed by atoms with Crippen molar-refractivity contribution in [3.05, 3.63) is 65.7 Å². The third-order valence-electron chi connectivity index (χ3n) is 4.47. The van der Waals surface area contributed by atoms with Crippen LogP contribution >= 0.6 is 0 Å². The highest BCUT2D eigenvalue weighted by Crippen LogP contribution is 2.41. The summed E-state index contributed by atoms with van der Waals surface area (Å²) in [6, 6.07) is 17.8. The summed E-state index contributed by atoms with van der Waals surface area (Å²) in [4.78, 5) is 12.3. The molecule has 2 aromatic carbocycles. The Morgan fingerprint density at radius 2 is 1.91 bits per heavy atom. The first-order chi connectivity index (χ1) is 11.2. The van der Waals surface area contributed by atoms with Crippen LogP contribution in [0.2, 0.25) is 0 Å². The maximum absolute atomic E-state index is 12.3. The number of ether oxygens (including phenoxy) is 1. The highest BCUT2D eigenvalue weighted by atomic mass is 16.5. The van der Waals surface area contributed by atoms with E-state index in [1.165, 1.54) is 5.56 Å². The molecule has 0 aromatic heterocycles. The van der Waals surface area contributed by atoms with Crippen molar-refractivity contribution in [1.29, 1.82) is 0 Å². The van der Waals surface area contributed by atoms with Crippen LogP contribution in [0, 0.1) is 0 Å². The van der Waals surface area contributed by atoms with Gasteiger partial charge in [-0.1, -0.05) is 42.5 Å². The molecule has 0 bridgehead atoms. The SMILES string of the molecule is COc1cccc(CNC(=O)NC2(c3ccccc3)CCC2)c1. The van der Waals surface area contributed by atoms with E-state index in [1.54, 1.807) is 7.11 Å². The fourth-order valence-electron chi connectivity index (χ4n) is 3.00. The molecule has 0 spiro atoms. The minimum absolute atomic E-state index is 0.128. The van der Waals surface area contributed by atoms with Crippen molar-refractivity contribution in [1.82, 2.24) is 10.6 Å². The fraction of sp³-hybridized carbons (Fsp3) is 0.316. The maximum atomic E-state index is 12.3. The lowest BCUT2D eigenvalue weighted by molar-refractivity contribution is 0.177. The Bertz CT molecular complexity index is 666. The van der Waals surface area contributed by atoms with Crippen molar-refractivity contribution >= 4 is 6.03 Å². The number of carbonyl (C=O) groups is 1. The van der Waals surface area contributed by atoms with Crippen LogP contribution in [-0.2, 0) is 12.1 Å². The summed E-state index contributed by atoms with van der Waals surface area (Å²) in [7, 11) is 1.64. The van der Waals surface area contributed by atoms with E-state index in [9.17, 15) is 4.79 Å². The lowest BCUT2D eigenvalue weighted by Gasteiger charge is -2.43. The highest BCUT2D eigenvalue weighted by molar-refractivity contribution is 5.75. The Morgan fingerprint density at radius 1 is 1.13 bits per heavy atom. The molecule has 0 saturated heterocycles. The van der Waals surface area contributed by atoms with Gasteiger partial charge in [0, 0.05) is 6.54 Å². The summed E-state index contributed by atoms with van der Waals surface area (Å²) in [5.74, 6) is 0.796. The number of benzene rings is 2. The van der Waals surface area contributed by atoms with Crippen molar-refractivity contribution in [2.24, 2.45) is 0 Å². The van der Waals surface area contributed by atoms with Crippen LogP contribution in [-0.4, -0.2) is 13.1 Å². The average molecular weight is 310 g/mol. The van der Waals surface area contributed by atoms with Gasteiger partial charge in [0.2, 0.25) is 0 Å². The average Bonchev–Trinajstić information content (AvgIpc) is 2.57. The van der Waals surface area contributed by atoms with Crippen molar-refractivity contribution < 1.29 is 9.53 Å². The van der Waals surface area contributed by atoms with Crippen molar-refractivity contribution in [2.75, 3.05) is 7.11 Å². The van der Waals surface area contributed by atoms with Gasteiger partial charge in [0.15, 0.2) is 0 Å². The molecule has 2 amide bonds. The second kappa shape index (κ2) is 6.73. The summed E-state index contributed by atoms with van der Waals surface area (Å²) >= 11 is 0. The fourth-order valence-corrected chi connectivity index (χ4v) is 3.00. The molecule has 0 aliphatic heterocycles. The number of carbonyl (C=O) groups excluding carboxylic acids is 1. The number of methoxy groups -OCH3 is 1. The van der Waals surface area contributed by atoms with Gasteiger partial charge in [-0.2, -0.15) is 0 Å². The number of rotatable bonds is 5. The minimum atomic E-state index is -0.209. The third kappa shape index (κ3) is 3.47. The highest BCUT2D eigenvalue weighted by Gasteiger charge is 2.39. The molecule has 1 saturated carbocycles. The van der Waals surface area contributed by atoms with Gasteiger partial charge in [0.1, 0.15) is 5.75 Å². The van der Waals surface area contributed by atoms with Gasteiger partial charge in [-0.25, -0.2) is 4.79 Å². The molecule has 2 aromatic rings. The largest absolute Gasteiger partial charge is 0.497 e. The molecule has 120 valence electrons. The van der Waals surface area contributed by atoms with E-state index in [2.05, 4.69) is 22.8 Å². The summed E-state index contributed by atoms with van der Waals surface area (Å²) in [5.41, 5.74) is 1.99. The lowest BCUT2D eigenvalue weighted by Crippen LogP contribution is -2.53. The number of nitrogens with one attached hydrogen (secondary N) is 2. The second-order valence-electron chi connectivity index (χ2n) is 5.96. The van der Waals surface area contributed by atoms with Crippen molar-refractivity contribution in [2.45, 2.75) is 31.3 Å². The van der Waals surface area contributed by atoms with Crippen LogP contribution in [0.15, 0.2) is 54.6 Å². The molecule has 3 rings (SSSR count). The molecule has 1 aliphatic carbocycles. The summed E-state index contributed by atoms with van der Waals surface area (Å²) < 4.78 is 5.20. The van der Waals surface area contributed by atoms with Crippen LogP contribution in [0.3, 0.4) is 0 Å². The zero-order valence-electron chi connectivity index (χ0n) is 13.3. The van der Waals surface area contributed by atoms with Crippen LogP contribution in [0.25, 0.3) is 0 Å². The van der Waals surface area contributed by atoms with E-state index in [0.29, 0.717) is 6.54 Å². The molecular formula is C19H22N2O2. The Labute approximate surface area is 136 Å². The number of urea groups is 1. The quantitative estimate of drug-likeness (QED) is 0.887. The van der Waals surface area contributed by atoms with E-state index < -0.39 is 0 Å². The van der Waals surface area contributed by atoms with E-state index in [0.717, 1.165) is 30.6 Å². The van der Waals surface area contributed by atoms with Gasteiger partial charge in [0.25, 0.3) is 0 Å². The Kier molecular flexibility index (Phi) is 4.51. The lowest BCUT2D eigenvalue weighted by atomic mass is 9.72. The van der Waals surface area contributed by atoms with Gasteiger partial charge in [0.05, 0.1) is 12.6 Å². The molecular weight excluding hydrogens is 288 g/mol. The van der Waals surface area contributed by atoms with Gasteiger partial charge in [-0.3, -0.25) is 0 Å². The Morgan fingerprint density at radius 3 is 2.57 bits per heavy atom. The first kappa shape index (κ1) is 15.4. The predicted molar refractivity (Wildman–Crippen MR) is 90.3 cm³/mol. The first-order valence-corrected chi connectivity index (χ1v) is 7.96. The smallest absolute Gasteiger partial charge is 0.315 e. The molecule has 0 atom stereocenters. The summed E-state index contributed by atoms with van der Waals surface area (Å²) in [6.45, 7) is 0.480. The third-order valence-corrected chi connectivity index (χ3v) is 4.47. The van der Waals surface area contributed by atoms with Gasteiger partial charge in [-0.15, -0.1) is 0 Å². The maximum Gasteiger partial charge on any atom is 0.315 e. The van der Waals surface area contributed by atoms with Gasteiger partial charge in [-0.05, 0) is 42.5 Å². The monoisotopic (exact) mass is 310 g/mol. The molecule has 0 heterocycles. The first-order valence-electron chi connectivity index (χ1n) is 7.96. The zero-order chi connectivity index (χ0) is 16.1. The molecule has 0 unspecified atom stereocenters. The van der Waals surface area contributed by atoms with Crippen LogP contribution in [0.1, 0.15) is 30.4 Å². The molecule has 2 N–H and O–H groups in total. The van der Waals surface area contributed by atoms with Gasteiger partial charge < -0.3 is 15.4 Å². The molecule has 1 aliphatic rings. The number of hydrogen-bond acceptors (Lipinski definition) is 2.